The maximum absolute atomic E-state index is 15.1. The van der Waals surface area contributed by atoms with Crippen LogP contribution in [-0.2, 0) is 20.7 Å². The van der Waals surface area contributed by atoms with Gasteiger partial charge in [-0.25, -0.2) is 4.68 Å². The molecule has 4 heterocycles. The summed E-state index contributed by atoms with van der Waals surface area (Å²) in [4.78, 5) is 33.7. The Bertz CT molecular complexity index is 1890. The number of aryl methyl sites for hydroxylation is 2. The third kappa shape index (κ3) is 8.25. The van der Waals surface area contributed by atoms with E-state index in [1.165, 1.54) is 16.8 Å². The van der Waals surface area contributed by atoms with Crippen molar-refractivity contribution in [2.45, 2.75) is 64.3 Å². The summed E-state index contributed by atoms with van der Waals surface area (Å²) in [5.74, 6) is -1.47. The number of rotatable bonds is 11. The number of aliphatic carboxylic acids is 1. The van der Waals surface area contributed by atoms with Crippen LogP contribution in [0.4, 0.5) is 24.9 Å². The number of piperidine rings is 1. The van der Waals surface area contributed by atoms with Crippen LogP contribution in [0.15, 0.2) is 60.8 Å². The average Bonchev–Trinajstić information content (AvgIpc) is 3.72. The van der Waals surface area contributed by atoms with E-state index in [4.69, 9.17) is 15.2 Å². The molecule has 1 spiro atoms. The van der Waals surface area contributed by atoms with Crippen molar-refractivity contribution in [2.24, 2.45) is 5.41 Å². The highest BCUT2D eigenvalue weighted by molar-refractivity contribution is 5.74. The van der Waals surface area contributed by atoms with Crippen LogP contribution in [-0.4, -0.2) is 75.3 Å². The summed E-state index contributed by atoms with van der Waals surface area (Å²) >= 11 is 0. The van der Waals surface area contributed by atoms with Gasteiger partial charge in [-0.05, 0) is 79.8 Å². The maximum atomic E-state index is 15.1. The van der Waals surface area contributed by atoms with Gasteiger partial charge < -0.3 is 30.5 Å². The molecule has 15 heteroatoms. The van der Waals surface area contributed by atoms with Gasteiger partial charge in [-0.3, -0.25) is 9.59 Å². The number of nitrogens with two attached hydrogens (primary N) is 1. The molecule has 4 N–H and O–H groups in total. The number of hydrogen-bond acceptors (Lipinski definition) is 10. The van der Waals surface area contributed by atoms with Gasteiger partial charge in [0.15, 0.2) is 0 Å². The monoisotopic (exact) mass is 707 g/mol. The summed E-state index contributed by atoms with van der Waals surface area (Å²) in [6.45, 7) is 5.36. The van der Waals surface area contributed by atoms with E-state index in [-0.39, 0.29) is 47.5 Å². The Labute approximate surface area is 292 Å². The number of anilines is 2. The predicted molar refractivity (Wildman–Crippen MR) is 182 cm³/mol. The molecule has 2 fully saturated rings. The van der Waals surface area contributed by atoms with E-state index in [2.05, 4.69) is 20.4 Å². The van der Waals surface area contributed by atoms with E-state index in [1.807, 2.05) is 17.0 Å². The van der Waals surface area contributed by atoms with Crippen molar-refractivity contribution in [1.29, 1.82) is 0 Å². The van der Waals surface area contributed by atoms with Gasteiger partial charge in [-0.2, -0.15) is 28.2 Å². The van der Waals surface area contributed by atoms with Gasteiger partial charge in [0, 0.05) is 43.9 Å². The van der Waals surface area contributed by atoms with Crippen molar-refractivity contribution in [3.63, 3.8) is 0 Å². The molecule has 51 heavy (non-hydrogen) atoms. The molecule has 4 aromatic rings. The zero-order chi connectivity index (χ0) is 36.3. The molecule has 0 saturated carbocycles. The Hall–Kier alpha value is -5.18. The number of esters is 1. The minimum absolute atomic E-state index is 0.168. The number of nitrogens with one attached hydrogen (secondary N) is 1. The maximum Gasteiger partial charge on any atom is 0.429 e. The largest absolute Gasteiger partial charge is 0.480 e. The molecule has 0 bridgehead atoms. The smallest absolute Gasteiger partial charge is 0.429 e. The highest BCUT2D eigenvalue weighted by atomic mass is 19.4. The number of carboxylic acids is 1. The Morgan fingerprint density at radius 2 is 1.86 bits per heavy atom. The minimum Gasteiger partial charge on any atom is -0.480 e. The van der Waals surface area contributed by atoms with Crippen LogP contribution < -0.4 is 20.7 Å². The van der Waals surface area contributed by atoms with E-state index >= 15 is 13.2 Å². The number of nitrogens with zero attached hydrogens (tertiary/aromatic N) is 5. The summed E-state index contributed by atoms with van der Waals surface area (Å²) < 4.78 is 57.5. The van der Waals surface area contributed by atoms with Crippen LogP contribution in [0.3, 0.4) is 0 Å². The first-order valence-electron chi connectivity index (χ1n) is 16.8. The molecular formula is C36H40F3N7O5. The number of aromatic nitrogens is 4. The van der Waals surface area contributed by atoms with E-state index in [9.17, 15) is 14.7 Å². The highest BCUT2D eigenvalue weighted by Crippen LogP contribution is 2.43. The van der Waals surface area contributed by atoms with E-state index in [0.29, 0.717) is 68.0 Å². The van der Waals surface area contributed by atoms with Crippen molar-refractivity contribution in [3.8, 4) is 22.7 Å². The van der Waals surface area contributed by atoms with Crippen LogP contribution in [0.1, 0.15) is 55.5 Å². The molecule has 0 aliphatic carbocycles. The number of alkyl halides is 3. The summed E-state index contributed by atoms with van der Waals surface area (Å²) in [6.07, 6.45) is -3.31. The number of carbonyl (C=O) groups is 2. The molecule has 2 aliphatic rings. The van der Waals surface area contributed by atoms with Crippen LogP contribution in [0.2, 0.25) is 0 Å². The molecule has 270 valence electrons. The number of benzene rings is 2. The second kappa shape index (κ2) is 14.6. The van der Waals surface area contributed by atoms with Crippen LogP contribution >= 0.6 is 0 Å². The molecular weight excluding hydrogens is 667 g/mol. The van der Waals surface area contributed by atoms with Crippen molar-refractivity contribution in [3.05, 3.63) is 77.6 Å². The number of carbonyl (C=O) groups excluding carboxylic acids is 1. The molecule has 0 radical (unpaired) electrons. The predicted octanol–water partition coefficient (Wildman–Crippen LogP) is 5.43. The number of carboxylic acid groups (broad SMARTS) is 1. The van der Waals surface area contributed by atoms with Crippen molar-refractivity contribution >= 4 is 23.7 Å². The standard InChI is InChI=1S/C36H40F3N7O5/c1-3-50-31(47)10-7-23-5-4-6-24(17-23)25-8-9-28(46-14-11-22(2)44-46)26(18-25)32(36(37,38)39)51-30-19-29(42-34(40)43-30)45-15-12-35(13-16-45)20-27(33(48)49)41-21-35/h4-6,8-9,11,14,17-19,27,32,41H,3,7,10,12-13,15-16,20-21H2,1-2H3,(H,48,49)(H2,40,42,43)/t27?,32-/m1/s1. The number of hydrogen-bond donors (Lipinski definition) is 3. The first kappa shape index (κ1) is 35.6. The molecule has 2 aliphatic heterocycles. The number of nitrogen functional groups attached to an aromatic ring is 1. The molecule has 2 aromatic heterocycles. The fourth-order valence-corrected chi connectivity index (χ4v) is 6.85. The fraction of sp³-hybridized carbons (Fsp3) is 0.417. The molecule has 1 unspecified atom stereocenters. The minimum atomic E-state index is -4.88. The fourth-order valence-electron chi connectivity index (χ4n) is 6.85. The zero-order valence-electron chi connectivity index (χ0n) is 28.3. The van der Waals surface area contributed by atoms with Gasteiger partial charge >= 0.3 is 18.1 Å². The third-order valence-electron chi connectivity index (χ3n) is 9.51. The van der Waals surface area contributed by atoms with Gasteiger partial charge in [0.1, 0.15) is 11.9 Å². The van der Waals surface area contributed by atoms with Gasteiger partial charge in [-0.15, -0.1) is 0 Å². The van der Waals surface area contributed by atoms with Crippen LogP contribution in [0.5, 0.6) is 5.88 Å². The quantitative estimate of drug-likeness (QED) is 0.171. The highest BCUT2D eigenvalue weighted by Gasteiger charge is 2.46. The van der Waals surface area contributed by atoms with E-state index < -0.39 is 24.3 Å². The first-order chi connectivity index (χ1) is 24.3. The zero-order valence-corrected chi connectivity index (χ0v) is 28.3. The molecule has 6 rings (SSSR count). The third-order valence-corrected chi connectivity index (χ3v) is 9.51. The summed E-state index contributed by atoms with van der Waals surface area (Å²) in [5.41, 5.74) is 8.43. The molecule has 2 aromatic carbocycles. The van der Waals surface area contributed by atoms with E-state index in [0.717, 1.165) is 5.56 Å². The topological polar surface area (TPSA) is 158 Å². The van der Waals surface area contributed by atoms with Gasteiger partial charge in [-0.1, -0.05) is 30.3 Å². The Morgan fingerprint density at radius 1 is 1.10 bits per heavy atom. The van der Waals surface area contributed by atoms with Crippen molar-refractivity contribution in [1.82, 2.24) is 25.1 Å². The Kier molecular flexibility index (Phi) is 10.2. The van der Waals surface area contributed by atoms with Gasteiger partial charge in [0.25, 0.3) is 0 Å². The molecule has 2 saturated heterocycles. The van der Waals surface area contributed by atoms with E-state index in [1.54, 1.807) is 50.4 Å². The Morgan fingerprint density at radius 3 is 2.53 bits per heavy atom. The van der Waals surface area contributed by atoms with Gasteiger partial charge in [0.2, 0.25) is 17.9 Å². The molecule has 2 atom stereocenters. The SMILES string of the molecule is CCOC(=O)CCc1cccc(-c2ccc(-n3ccc(C)n3)c([C@@H](Oc3cc(N4CCC5(CC4)CNC(C(=O)O)C5)nc(N)n3)C(F)(F)F)c2)c1. The normalized spacial score (nSPS) is 17.7. The lowest BCUT2D eigenvalue weighted by molar-refractivity contribution is -0.198. The summed E-state index contributed by atoms with van der Waals surface area (Å²) in [5, 5.41) is 16.9. The Balaban J connectivity index is 1.30. The second-order valence-corrected chi connectivity index (χ2v) is 13.1. The van der Waals surface area contributed by atoms with Gasteiger partial charge in [0.05, 0.1) is 18.0 Å². The molecule has 0 amide bonds. The van der Waals surface area contributed by atoms with Crippen LogP contribution in [0, 0.1) is 12.3 Å². The second-order valence-electron chi connectivity index (χ2n) is 13.1. The lowest BCUT2D eigenvalue weighted by atomic mass is 9.76. The summed E-state index contributed by atoms with van der Waals surface area (Å²) in [7, 11) is 0. The molecule has 12 nitrogen and oxygen atoms in total. The lowest BCUT2D eigenvalue weighted by Crippen LogP contribution is -2.41. The number of halogens is 3. The van der Waals surface area contributed by atoms with Crippen molar-refractivity contribution < 1.29 is 37.3 Å². The van der Waals surface area contributed by atoms with Crippen molar-refractivity contribution in [2.75, 3.05) is 36.9 Å². The van der Waals surface area contributed by atoms with Crippen LogP contribution in [0.25, 0.3) is 16.8 Å². The first-order valence-corrected chi connectivity index (χ1v) is 16.8. The lowest BCUT2D eigenvalue weighted by Gasteiger charge is -2.39. The average molecular weight is 708 g/mol. The number of ether oxygens (including phenoxy) is 2. The summed E-state index contributed by atoms with van der Waals surface area (Å²) in [6, 6.07) is 14.4.